The maximum absolute atomic E-state index is 13.8. The molecule has 0 aliphatic carbocycles. The van der Waals surface area contributed by atoms with E-state index in [4.69, 9.17) is 4.74 Å². The largest absolute Gasteiger partial charge is 0.473 e. The third-order valence-electron chi connectivity index (χ3n) is 6.46. The second-order valence-electron chi connectivity index (χ2n) is 8.42. The molecule has 0 radical (unpaired) electrons. The number of hydrogen-bond donors (Lipinski definition) is 0. The Morgan fingerprint density at radius 2 is 1.62 bits per heavy atom. The van der Waals surface area contributed by atoms with E-state index >= 15 is 0 Å². The first-order chi connectivity index (χ1) is 15.4. The van der Waals surface area contributed by atoms with Crippen molar-refractivity contribution >= 4 is 36.7 Å². The molecular weight excluding hydrogens is 486 g/mol. The van der Waals surface area contributed by atoms with Gasteiger partial charge in [0.05, 0.1) is 16.9 Å². The summed E-state index contributed by atoms with van der Waals surface area (Å²) in [6, 6.07) is 26.9. The van der Waals surface area contributed by atoms with Crippen molar-refractivity contribution in [2.75, 3.05) is 0 Å². The van der Waals surface area contributed by atoms with Gasteiger partial charge in [-0.25, -0.2) is 8.42 Å². The average Bonchev–Trinajstić information content (AvgIpc) is 3.06. The van der Waals surface area contributed by atoms with Crippen LogP contribution in [-0.2, 0) is 10.0 Å². The molecule has 0 aromatic heterocycles. The highest BCUT2D eigenvalue weighted by Crippen LogP contribution is 2.59. The molecule has 0 N–H and O–H groups in total. The zero-order chi connectivity index (χ0) is 22.0. The molecule has 4 nitrogen and oxygen atoms in total. The Kier molecular flexibility index (Phi) is 4.47. The van der Waals surface area contributed by atoms with E-state index in [1.165, 1.54) is 0 Å². The highest BCUT2D eigenvalue weighted by Gasteiger charge is 2.61. The number of hydrogen-bond acceptors (Lipinski definition) is 3. The summed E-state index contributed by atoms with van der Waals surface area (Å²) < 4.78 is 36.2. The van der Waals surface area contributed by atoms with Gasteiger partial charge in [0.2, 0.25) is 10.0 Å². The number of fused-ring (bicyclic) bond motifs is 4. The number of aryl methyl sites for hydroxylation is 1. The highest BCUT2D eigenvalue weighted by molar-refractivity contribution is 9.10. The minimum atomic E-state index is -3.76. The van der Waals surface area contributed by atoms with Crippen LogP contribution in [0, 0.1) is 6.92 Å². The van der Waals surface area contributed by atoms with Crippen LogP contribution >= 0.6 is 15.9 Å². The van der Waals surface area contributed by atoms with Crippen molar-refractivity contribution in [3.05, 3.63) is 106 Å². The van der Waals surface area contributed by atoms with Gasteiger partial charge in [-0.3, -0.25) is 0 Å². The molecule has 6 heteroatoms. The van der Waals surface area contributed by atoms with Gasteiger partial charge >= 0.3 is 0 Å². The Balaban J connectivity index is 1.51. The number of halogens is 1. The first-order valence-electron chi connectivity index (χ1n) is 10.5. The quantitative estimate of drug-likeness (QED) is 0.335. The third kappa shape index (κ3) is 2.94. The van der Waals surface area contributed by atoms with Gasteiger partial charge in [-0.1, -0.05) is 70.0 Å². The average molecular weight is 506 g/mol. The van der Waals surface area contributed by atoms with Crippen molar-refractivity contribution in [2.24, 2.45) is 0 Å². The Labute approximate surface area is 195 Å². The summed E-state index contributed by atoms with van der Waals surface area (Å²) in [6.45, 7) is 1.95. The minimum absolute atomic E-state index is 0.0658. The van der Waals surface area contributed by atoms with E-state index in [-0.39, 0.29) is 16.9 Å². The van der Waals surface area contributed by atoms with E-state index in [1.54, 1.807) is 16.4 Å². The summed E-state index contributed by atoms with van der Waals surface area (Å²) in [5.41, 5.74) is 3.03. The van der Waals surface area contributed by atoms with Crippen LogP contribution in [0.1, 0.15) is 28.7 Å². The lowest BCUT2D eigenvalue weighted by Gasteiger charge is -2.49. The summed E-state index contributed by atoms with van der Waals surface area (Å²) in [5.74, 6) is 0.680. The topological polar surface area (TPSA) is 46.6 Å². The predicted molar refractivity (Wildman–Crippen MR) is 128 cm³/mol. The zero-order valence-corrected chi connectivity index (χ0v) is 19.7. The fourth-order valence-electron chi connectivity index (χ4n) is 4.86. The van der Waals surface area contributed by atoms with Crippen molar-refractivity contribution in [3.63, 3.8) is 0 Å². The Morgan fingerprint density at radius 1 is 0.875 bits per heavy atom. The van der Waals surface area contributed by atoms with Crippen LogP contribution in [0.25, 0.3) is 10.8 Å². The zero-order valence-electron chi connectivity index (χ0n) is 17.3. The SMILES string of the molecule is Cc1ccc(S(=O)(=O)N2[C@H](c3ccc4ccccc4c3)[C@@H]3c4cc(Br)ccc4O[C@@H]32)cc1. The number of ether oxygens (including phenoxy) is 1. The van der Waals surface area contributed by atoms with E-state index in [1.807, 2.05) is 55.5 Å². The molecule has 4 aromatic carbocycles. The van der Waals surface area contributed by atoms with Crippen LogP contribution in [0.15, 0.2) is 94.3 Å². The van der Waals surface area contributed by atoms with Crippen molar-refractivity contribution in [1.29, 1.82) is 0 Å². The molecule has 0 bridgehead atoms. The molecule has 160 valence electrons. The highest BCUT2D eigenvalue weighted by atomic mass is 79.9. The van der Waals surface area contributed by atoms with E-state index in [9.17, 15) is 8.42 Å². The molecule has 0 spiro atoms. The van der Waals surface area contributed by atoms with E-state index in [2.05, 4.69) is 40.2 Å². The smallest absolute Gasteiger partial charge is 0.246 e. The van der Waals surface area contributed by atoms with Gasteiger partial charge in [-0.05, 0) is 59.7 Å². The second kappa shape index (κ2) is 7.17. The van der Waals surface area contributed by atoms with Gasteiger partial charge < -0.3 is 4.74 Å². The van der Waals surface area contributed by atoms with Crippen molar-refractivity contribution in [3.8, 4) is 5.75 Å². The Hall–Kier alpha value is -2.67. The van der Waals surface area contributed by atoms with Crippen LogP contribution in [0.2, 0.25) is 0 Å². The van der Waals surface area contributed by atoms with Gasteiger partial charge in [-0.15, -0.1) is 0 Å². The summed E-state index contributed by atoms with van der Waals surface area (Å²) in [5, 5.41) is 2.22. The molecule has 1 saturated heterocycles. The second-order valence-corrected chi connectivity index (χ2v) is 11.2. The molecule has 4 aromatic rings. The molecule has 6 rings (SSSR count). The molecule has 2 aliphatic heterocycles. The number of sulfonamides is 1. The first-order valence-corrected chi connectivity index (χ1v) is 12.7. The third-order valence-corrected chi connectivity index (χ3v) is 8.81. The first kappa shape index (κ1) is 20.0. The summed E-state index contributed by atoms with van der Waals surface area (Å²) in [6.07, 6.45) is -0.554. The van der Waals surface area contributed by atoms with Crippen molar-refractivity contribution in [2.45, 2.75) is 30.0 Å². The molecular formula is C26H20BrNO3S. The molecule has 32 heavy (non-hydrogen) atoms. The Morgan fingerprint density at radius 3 is 2.41 bits per heavy atom. The van der Waals surface area contributed by atoms with Gasteiger partial charge in [0, 0.05) is 10.0 Å². The van der Waals surface area contributed by atoms with Crippen LogP contribution in [-0.4, -0.2) is 19.0 Å². The molecule has 2 heterocycles. The monoisotopic (exact) mass is 505 g/mol. The predicted octanol–water partition coefficient (Wildman–Crippen LogP) is 6.16. The fraction of sp³-hybridized carbons (Fsp3) is 0.154. The van der Waals surface area contributed by atoms with Gasteiger partial charge in [0.1, 0.15) is 5.75 Å². The van der Waals surface area contributed by atoms with Gasteiger partial charge in [0.25, 0.3) is 0 Å². The van der Waals surface area contributed by atoms with Crippen molar-refractivity contribution < 1.29 is 13.2 Å². The lowest BCUT2D eigenvalue weighted by molar-refractivity contribution is -0.0429. The lowest BCUT2D eigenvalue weighted by Crippen LogP contribution is -2.59. The van der Waals surface area contributed by atoms with Crippen LogP contribution in [0.4, 0.5) is 0 Å². The maximum Gasteiger partial charge on any atom is 0.246 e. The van der Waals surface area contributed by atoms with Crippen LogP contribution in [0.5, 0.6) is 5.75 Å². The number of nitrogens with zero attached hydrogens (tertiary/aromatic N) is 1. The lowest BCUT2D eigenvalue weighted by atomic mass is 9.80. The van der Waals surface area contributed by atoms with E-state index in [0.717, 1.165) is 37.7 Å². The van der Waals surface area contributed by atoms with Crippen LogP contribution in [0.3, 0.4) is 0 Å². The van der Waals surface area contributed by atoms with Crippen LogP contribution < -0.4 is 4.74 Å². The number of benzene rings is 4. The minimum Gasteiger partial charge on any atom is -0.473 e. The molecule has 0 unspecified atom stereocenters. The van der Waals surface area contributed by atoms with Gasteiger partial charge in [-0.2, -0.15) is 4.31 Å². The summed E-state index contributed by atoms with van der Waals surface area (Å²) in [7, 11) is -3.76. The van der Waals surface area contributed by atoms with E-state index in [0.29, 0.717) is 0 Å². The molecule has 2 aliphatic rings. The van der Waals surface area contributed by atoms with Gasteiger partial charge in [0.15, 0.2) is 6.23 Å². The molecule has 0 amide bonds. The van der Waals surface area contributed by atoms with E-state index < -0.39 is 16.3 Å². The summed E-state index contributed by atoms with van der Waals surface area (Å²) >= 11 is 3.56. The normalized spacial score (nSPS) is 22.1. The maximum atomic E-state index is 13.8. The van der Waals surface area contributed by atoms with Crippen molar-refractivity contribution in [1.82, 2.24) is 4.31 Å². The summed E-state index contributed by atoms with van der Waals surface area (Å²) in [4.78, 5) is 0.285. The molecule has 1 fully saturated rings. The Bertz CT molecular complexity index is 1470. The standard InChI is InChI=1S/C26H20BrNO3S/c1-16-6-11-21(12-7-16)32(29,30)28-25(19-9-8-17-4-2-3-5-18(17)14-19)24-22-15-20(27)10-13-23(22)31-26(24)28/h2-15,24-26H,1H3/t24-,25+,26-/m0/s1. The molecule has 0 saturated carbocycles. The number of rotatable bonds is 3. The fourth-order valence-corrected chi connectivity index (χ4v) is 6.96. The molecule has 3 atom stereocenters.